The number of likely N-dealkylation sites (tertiary alicyclic amines) is 1. The van der Waals surface area contributed by atoms with Gasteiger partial charge in [-0.1, -0.05) is 66.2 Å². The van der Waals surface area contributed by atoms with Gasteiger partial charge in [-0.2, -0.15) is 5.10 Å². The molecule has 4 aromatic carbocycles. The monoisotopic (exact) mass is 546 g/mol. The molecule has 0 spiro atoms. The zero-order chi connectivity index (χ0) is 27.0. The van der Waals surface area contributed by atoms with Crippen molar-refractivity contribution in [1.82, 2.24) is 15.6 Å². The summed E-state index contributed by atoms with van der Waals surface area (Å²) in [7, 11) is 0. The van der Waals surface area contributed by atoms with Gasteiger partial charge in [0.15, 0.2) is 0 Å². The molecule has 3 N–H and O–H groups in total. The Morgan fingerprint density at radius 1 is 1.08 bits per heavy atom. The Hall–Kier alpha value is -3.91. The van der Waals surface area contributed by atoms with Crippen LogP contribution in [-0.2, 0) is 6.54 Å². The van der Waals surface area contributed by atoms with E-state index in [1.54, 1.807) is 6.21 Å². The summed E-state index contributed by atoms with van der Waals surface area (Å²) in [5.74, 6) is 0.310. The number of ether oxygens (including phenoxy) is 1. The lowest BCUT2D eigenvalue weighted by molar-refractivity contribution is 0.0955. The van der Waals surface area contributed by atoms with Crippen LogP contribution in [0.2, 0.25) is 5.02 Å². The zero-order valence-electron chi connectivity index (χ0n) is 21.5. The van der Waals surface area contributed by atoms with Gasteiger partial charge < -0.3 is 15.2 Å². The number of nitrogens with zero attached hydrogens (tertiary/aromatic N) is 2. The van der Waals surface area contributed by atoms with E-state index in [0.29, 0.717) is 18.2 Å². The van der Waals surface area contributed by atoms with Crippen LogP contribution in [0.15, 0.2) is 90.0 Å². The molecule has 0 aliphatic carbocycles. The lowest BCUT2D eigenvalue weighted by Crippen LogP contribution is -2.35. The number of nitrogens with one attached hydrogen (secondary N) is 2. The highest BCUT2D eigenvalue weighted by molar-refractivity contribution is 6.32. The van der Waals surface area contributed by atoms with Gasteiger partial charge in [-0.25, -0.2) is 5.43 Å². The maximum absolute atomic E-state index is 12.4. The minimum Gasteiger partial charge on any atom is -0.506 e. The molecule has 0 aromatic heterocycles. The Bertz CT molecular complexity index is 1470. The number of carbonyl (C=O) groups excluding carboxylic acids is 1. The van der Waals surface area contributed by atoms with Gasteiger partial charge in [-0.3, -0.25) is 9.69 Å². The molecule has 5 rings (SSSR count). The number of aromatic hydroxyl groups is 1. The first-order chi connectivity index (χ1) is 19.1. The molecule has 0 radical (unpaired) electrons. The highest BCUT2D eigenvalue weighted by atomic mass is 35.5. The van der Waals surface area contributed by atoms with Gasteiger partial charge in [0.2, 0.25) is 0 Å². The molecular weight excluding hydrogens is 512 g/mol. The molecule has 4 aromatic rings. The number of phenols is 1. The van der Waals surface area contributed by atoms with Gasteiger partial charge in [-0.15, -0.1) is 0 Å². The molecule has 39 heavy (non-hydrogen) atoms. The van der Waals surface area contributed by atoms with E-state index in [1.807, 2.05) is 36.4 Å². The van der Waals surface area contributed by atoms with Crippen molar-refractivity contribution in [1.29, 1.82) is 0 Å². The standard InChI is InChI=1S/C31H31ClN4O3.2H2/c32-28-18-23(10-12-29(28)37)31(38)35-34-19-24-11-13-30(27-9-5-4-8-26(24)27)39-17-15-33-25-14-16-36(21-25)20-22-6-2-1-3-7-22;;/h1-13,18-19,25,33,37H,14-17,20-21H2,(H,35,38);2*1H/b34-19+;;. The quantitative estimate of drug-likeness (QED) is 0.135. The first-order valence-corrected chi connectivity index (χ1v) is 13.4. The van der Waals surface area contributed by atoms with Crippen molar-refractivity contribution in [3.05, 3.63) is 107 Å². The highest BCUT2D eigenvalue weighted by Gasteiger charge is 2.21. The lowest BCUT2D eigenvalue weighted by Gasteiger charge is -2.17. The van der Waals surface area contributed by atoms with E-state index in [1.165, 1.54) is 23.8 Å². The summed E-state index contributed by atoms with van der Waals surface area (Å²) in [6.45, 7) is 4.48. The molecular formula is C31H35ClN4O3. The predicted molar refractivity (Wildman–Crippen MR) is 160 cm³/mol. The topological polar surface area (TPSA) is 86.2 Å². The van der Waals surface area contributed by atoms with Crippen LogP contribution in [0.4, 0.5) is 0 Å². The van der Waals surface area contributed by atoms with Gasteiger partial charge in [0.25, 0.3) is 5.91 Å². The summed E-state index contributed by atoms with van der Waals surface area (Å²) in [5.41, 5.74) is 5.01. The SMILES string of the molecule is O=C(N/N=C/c1ccc(OCCNC2CCN(Cc3ccccc3)C2)c2ccccc12)c1ccc(O)c(Cl)c1.[HH].[HH]. The van der Waals surface area contributed by atoms with Gasteiger partial charge in [0.1, 0.15) is 18.1 Å². The zero-order valence-corrected chi connectivity index (χ0v) is 22.3. The maximum atomic E-state index is 12.4. The van der Waals surface area contributed by atoms with Crippen LogP contribution in [0.1, 0.15) is 30.8 Å². The molecule has 1 heterocycles. The summed E-state index contributed by atoms with van der Waals surface area (Å²) in [6, 6.07) is 27.1. The van der Waals surface area contributed by atoms with E-state index < -0.39 is 5.91 Å². The van der Waals surface area contributed by atoms with E-state index in [0.717, 1.165) is 54.7 Å². The maximum Gasteiger partial charge on any atom is 0.271 e. The van der Waals surface area contributed by atoms with Crippen molar-refractivity contribution in [2.24, 2.45) is 5.10 Å². The second-order valence-corrected chi connectivity index (χ2v) is 9.98. The Morgan fingerprint density at radius 2 is 1.87 bits per heavy atom. The second kappa shape index (κ2) is 12.8. The van der Waals surface area contributed by atoms with E-state index in [2.05, 4.69) is 51.1 Å². The van der Waals surface area contributed by atoms with Crippen molar-refractivity contribution in [2.45, 2.75) is 19.0 Å². The van der Waals surface area contributed by atoms with Crippen LogP contribution in [0, 0.1) is 0 Å². The average Bonchev–Trinajstić information content (AvgIpc) is 3.40. The predicted octanol–water partition coefficient (Wildman–Crippen LogP) is 5.70. The summed E-state index contributed by atoms with van der Waals surface area (Å²) in [4.78, 5) is 14.9. The Balaban J connectivity index is 0.00000231. The van der Waals surface area contributed by atoms with Crippen LogP contribution >= 0.6 is 11.6 Å². The third-order valence-electron chi connectivity index (χ3n) is 6.81. The van der Waals surface area contributed by atoms with Crippen LogP contribution < -0.4 is 15.5 Å². The fraction of sp³-hybridized carbons (Fsp3) is 0.226. The highest BCUT2D eigenvalue weighted by Crippen LogP contribution is 2.28. The molecule has 1 atom stereocenters. The van der Waals surface area contributed by atoms with Gasteiger partial charge in [0.05, 0.1) is 11.2 Å². The Kier molecular flexibility index (Phi) is 8.73. The van der Waals surface area contributed by atoms with Gasteiger partial charge in [0, 0.05) is 51.6 Å². The van der Waals surface area contributed by atoms with E-state index in [9.17, 15) is 9.90 Å². The average molecular weight is 547 g/mol. The number of amides is 1. The molecule has 0 bridgehead atoms. The van der Waals surface area contributed by atoms with Crippen molar-refractivity contribution in [3.8, 4) is 11.5 Å². The van der Waals surface area contributed by atoms with Crippen LogP contribution in [0.25, 0.3) is 10.8 Å². The minimum absolute atomic E-state index is 0. The molecule has 0 saturated carbocycles. The Morgan fingerprint density at radius 3 is 2.69 bits per heavy atom. The number of phenolic OH excluding ortho intramolecular Hbond substituents is 1. The molecule has 1 aliphatic heterocycles. The third kappa shape index (κ3) is 6.95. The molecule has 1 fully saturated rings. The number of rotatable bonds is 10. The van der Waals surface area contributed by atoms with Gasteiger partial charge in [-0.05, 0) is 47.7 Å². The summed E-state index contributed by atoms with van der Waals surface area (Å²) < 4.78 is 6.15. The number of hydrogen-bond donors (Lipinski definition) is 3. The number of carbonyl (C=O) groups is 1. The van der Waals surface area contributed by atoms with Crippen LogP contribution in [0.5, 0.6) is 11.5 Å². The Labute approximate surface area is 236 Å². The fourth-order valence-corrected chi connectivity index (χ4v) is 5.00. The lowest BCUT2D eigenvalue weighted by atomic mass is 10.0. The summed E-state index contributed by atoms with van der Waals surface area (Å²) in [6.07, 6.45) is 2.75. The number of hydrogen-bond acceptors (Lipinski definition) is 6. The van der Waals surface area contributed by atoms with Crippen LogP contribution in [0.3, 0.4) is 0 Å². The molecule has 8 heteroatoms. The number of fused-ring (bicyclic) bond motifs is 1. The smallest absolute Gasteiger partial charge is 0.271 e. The molecule has 7 nitrogen and oxygen atoms in total. The molecule has 1 amide bonds. The van der Waals surface area contributed by atoms with Crippen LogP contribution in [-0.4, -0.2) is 54.4 Å². The molecule has 1 saturated heterocycles. The fourth-order valence-electron chi connectivity index (χ4n) is 4.81. The second-order valence-electron chi connectivity index (χ2n) is 9.57. The van der Waals surface area contributed by atoms with E-state index >= 15 is 0 Å². The first kappa shape index (κ1) is 26.7. The first-order valence-electron chi connectivity index (χ1n) is 13.0. The summed E-state index contributed by atoms with van der Waals surface area (Å²) >= 11 is 5.89. The van der Waals surface area contributed by atoms with E-state index in [-0.39, 0.29) is 13.6 Å². The van der Waals surface area contributed by atoms with Crippen molar-refractivity contribution in [3.63, 3.8) is 0 Å². The molecule has 204 valence electrons. The van der Waals surface area contributed by atoms with E-state index in [4.69, 9.17) is 16.3 Å². The minimum atomic E-state index is -0.421. The number of benzene rings is 4. The molecule has 1 aliphatic rings. The third-order valence-corrected chi connectivity index (χ3v) is 7.11. The van der Waals surface area contributed by atoms with Crippen molar-refractivity contribution in [2.75, 3.05) is 26.2 Å². The summed E-state index contributed by atoms with van der Waals surface area (Å²) in [5, 5.41) is 19.4. The molecule has 1 unspecified atom stereocenters. The number of hydrazone groups is 1. The normalized spacial score (nSPS) is 15.7. The van der Waals surface area contributed by atoms with Gasteiger partial charge >= 0.3 is 0 Å². The van der Waals surface area contributed by atoms with Crippen molar-refractivity contribution >= 4 is 34.5 Å². The van der Waals surface area contributed by atoms with Crippen molar-refractivity contribution < 1.29 is 17.5 Å². The number of halogens is 1. The largest absolute Gasteiger partial charge is 0.506 e.